The molecule has 96 valence electrons. The number of hydrogen-bond donors (Lipinski definition) is 1. The van der Waals surface area contributed by atoms with E-state index >= 15 is 0 Å². The Kier molecular flexibility index (Phi) is 2.35. The number of aromatic carboxylic acids is 1. The van der Waals surface area contributed by atoms with Gasteiger partial charge < -0.3 is 5.11 Å². The van der Waals surface area contributed by atoms with E-state index in [4.69, 9.17) is 0 Å². The van der Waals surface area contributed by atoms with Crippen molar-refractivity contribution in [2.24, 2.45) is 23.7 Å². The average Bonchev–Trinajstić information content (AvgIpc) is 2.76. The van der Waals surface area contributed by atoms with Crippen molar-refractivity contribution in [3.05, 3.63) is 21.9 Å². The van der Waals surface area contributed by atoms with E-state index < -0.39 is 5.97 Å². The van der Waals surface area contributed by atoms with Gasteiger partial charge in [0.1, 0.15) is 4.88 Å². The highest BCUT2D eigenvalue weighted by molar-refractivity contribution is 7.12. The molecule has 0 aromatic carbocycles. The highest BCUT2D eigenvalue weighted by atomic mass is 32.1. The third kappa shape index (κ3) is 1.49. The molecule has 0 aliphatic heterocycles. The van der Waals surface area contributed by atoms with Gasteiger partial charge in [-0.25, -0.2) is 4.79 Å². The minimum atomic E-state index is -0.728. The zero-order valence-electron chi connectivity index (χ0n) is 10.3. The van der Waals surface area contributed by atoms with Crippen molar-refractivity contribution in [1.29, 1.82) is 0 Å². The minimum Gasteiger partial charge on any atom is -0.477 e. The molecule has 4 aliphatic rings. The quantitative estimate of drug-likeness (QED) is 0.875. The fraction of sp³-hybridized carbons (Fsp3) is 0.667. The maximum Gasteiger partial charge on any atom is 0.346 e. The lowest BCUT2D eigenvalue weighted by Crippen LogP contribution is -2.44. The Bertz CT molecular complexity index is 462. The van der Waals surface area contributed by atoms with Gasteiger partial charge in [0.25, 0.3) is 0 Å². The van der Waals surface area contributed by atoms with E-state index in [1.54, 1.807) is 0 Å². The summed E-state index contributed by atoms with van der Waals surface area (Å²) in [7, 11) is 0. The Balaban J connectivity index is 1.72. The fourth-order valence-electron chi connectivity index (χ4n) is 5.19. The van der Waals surface area contributed by atoms with E-state index in [2.05, 4.69) is 6.07 Å². The standard InChI is InChI=1S/C15H18O2S/c16-15(17)14-12(1-2-18-14)13-10-4-8-3-9(6-10)7-11(13)5-8/h1-2,8-11,13H,3-7H2,(H,16,17). The van der Waals surface area contributed by atoms with Gasteiger partial charge >= 0.3 is 5.97 Å². The number of rotatable bonds is 2. The fourth-order valence-corrected chi connectivity index (χ4v) is 5.98. The van der Waals surface area contributed by atoms with E-state index in [0.29, 0.717) is 10.8 Å². The molecule has 4 aliphatic carbocycles. The van der Waals surface area contributed by atoms with Crippen LogP contribution in [0.5, 0.6) is 0 Å². The second-order valence-corrected chi connectivity index (χ2v) is 7.38. The first-order valence-electron chi connectivity index (χ1n) is 7.03. The summed E-state index contributed by atoms with van der Waals surface area (Å²) in [6.07, 6.45) is 6.87. The van der Waals surface area contributed by atoms with Crippen molar-refractivity contribution < 1.29 is 9.90 Å². The highest BCUT2D eigenvalue weighted by Gasteiger charge is 2.49. The van der Waals surface area contributed by atoms with Gasteiger partial charge in [0.2, 0.25) is 0 Å². The van der Waals surface area contributed by atoms with Crippen molar-refractivity contribution in [3.8, 4) is 0 Å². The number of hydrogen-bond acceptors (Lipinski definition) is 2. The molecule has 0 amide bonds. The molecule has 3 heteroatoms. The predicted molar refractivity (Wildman–Crippen MR) is 71.1 cm³/mol. The molecular weight excluding hydrogens is 244 g/mol. The lowest BCUT2D eigenvalue weighted by atomic mass is 9.51. The zero-order chi connectivity index (χ0) is 12.3. The van der Waals surface area contributed by atoms with Crippen LogP contribution in [0.25, 0.3) is 0 Å². The summed E-state index contributed by atoms with van der Waals surface area (Å²) >= 11 is 1.40. The smallest absolute Gasteiger partial charge is 0.346 e. The molecule has 1 aromatic heterocycles. The van der Waals surface area contributed by atoms with Gasteiger partial charge in [-0.05, 0) is 78.7 Å². The maximum atomic E-state index is 11.3. The summed E-state index contributed by atoms with van der Waals surface area (Å²) in [5.41, 5.74) is 1.15. The monoisotopic (exact) mass is 262 g/mol. The summed E-state index contributed by atoms with van der Waals surface area (Å²) in [6.45, 7) is 0. The minimum absolute atomic E-state index is 0.551. The predicted octanol–water partition coefficient (Wildman–Crippen LogP) is 3.99. The van der Waals surface area contributed by atoms with Crippen LogP contribution < -0.4 is 0 Å². The van der Waals surface area contributed by atoms with Gasteiger partial charge in [-0.3, -0.25) is 0 Å². The van der Waals surface area contributed by atoms with E-state index in [9.17, 15) is 9.90 Å². The van der Waals surface area contributed by atoms with Crippen molar-refractivity contribution in [1.82, 2.24) is 0 Å². The van der Waals surface area contributed by atoms with Crippen LogP contribution >= 0.6 is 11.3 Å². The molecular formula is C15H18O2S. The summed E-state index contributed by atoms with van der Waals surface area (Å²) in [6, 6.07) is 2.08. The lowest BCUT2D eigenvalue weighted by molar-refractivity contribution is -0.00297. The van der Waals surface area contributed by atoms with Crippen LogP contribution in [0.1, 0.15) is 53.3 Å². The normalized spacial score (nSPS) is 41.2. The summed E-state index contributed by atoms with van der Waals surface area (Å²) < 4.78 is 0. The first kappa shape index (κ1) is 11.0. The van der Waals surface area contributed by atoms with Crippen LogP contribution in [-0.4, -0.2) is 11.1 Å². The van der Waals surface area contributed by atoms with E-state index in [1.807, 2.05) is 5.38 Å². The molecule has 0 radical (unpaired) electrons. The Labute approximate surface area is 111 Å². The first-order chi connectivity index (χ1) is 8.72. The van der Waals surface area contributed by atoms with Crippen molar-refractivity contribution in [3.63, 3.8) is 0 Å². The summed E-state index contributed by atoms with van der Waals surface area (Å²) in [5, 5.41) is 11.3. The average molecular weight is 262 g/mol. The lowest BCUT2D eigenvalue weighted by Gasteiger charge is -2.54. The molecule has 4 fully saturated rings. The molecule has 1 N–H and O–H groups in total. The van der Waals surface area contributed by atoms with Gasteiger partial charge in [-0.15, -0.1) is 11.3 Å². The van der Waals surface area contributed by atoms with Gasteiger partial charge in [0.15, 0.2) is 0 Å². The molecule has 4 saturated carbocycles. The van der Waals surface area contributed by atoms with E-state index in [0.717, 1.165) is 29.2 Å². The third-order valence-electron chi connectivity index (χ3n) is 5.48. The molecule has 0 atom stereocenters. The van der Waals surface area contributed by atoms with Crippen molar-refractivity contribution >= 4 is 17.3 Å². The van der Waals surface area contributed by atoms with Crippen LogP contribution in [0.2, 0.25) is 0 Å². The molecule has 0 unspecified atom stereocenters. The van der Waals surface area contributed by atoms with Gasteiger partial charge in [0.05, 0.1) is 0 Å². The van der Waals surface area contributed by atoms with Crippen molar-refractivity contribution in [2.75, 3.05) is 0 Å². The van der Waals surface area contributed by atoms with Gasteiger partial charge in [0, 0.05) is 0 Å². The van der Waals surface area contributed by atoms with Crippen LogP contribution in [0.15, 0.2) is 11.4 Å². The number of carbonyl (C=O) groups is 1. The SMILES string of the molecule is O=C(O)c1sccc1C1C2CC3CC(C2)CC1C3. The number of carboxylic acids is 1. The highest BCUT2D eigenvalue weighted by Crippen LogP contribution is 2.60. The molecule has 0 saturated heterocycles. The molecule has 2 nitrogen and oxygen atoms in total. The largest absolute Gasteiger partial charge is 0.477 e. The maximum absolute atomic E-state index is 11.3. The Morgan fingerprint density at radius 1 is 1.11 bits per heavy atom. The number of carboxylic acid groups (broad SMARTS) is 1. The van der Waals surface area contributed by atoms with Crippen LogP contribution in [0.4, 0.5) is 0 Å². The Hall–Kier alpha value is -0.830. The summed E-state index contributed by atoms with van der Waals surface area (Å²) in [5.74, 6) is 3.28. The summed E-state index contributed by atoms with van der Waals surface area (Å²) in [4.78, 5) is 11.9. The topological polar surface area (TPSA) is 37.3 Å². The molecule has 0 spiro atoms. The first-order valence-corrected chi connectivity index (χ1v) is 7.91. The van der Waals surface area contributed by atoms with Crippen LogP contribution in [0.3, 0.4) is 0 Å². The van der Waals surface area contributed by atoms with Gasteiger partial charge in [-0.1, -0.05) is 0 Å². The van der Waals surface area contributed by atoms with E-state index in [-0.39, 0.29) is 0 Å². The van der Waals surface area contributed by atoms with Crippen molar-refractivity contribution in [2.45, 2.75) is 38.0 Å². The van der Waals surface area contributed by atoms with Gasteiger partial charge in [-0.2, -0.15) is 0 Å². The second kappa shape index (κ2) is 3.83. The molecule has 18 heavy (non-hydrogen) atoms. The van der Waals surface area contributed by atoms with E-state index in [1.165, 1.54) is 43.4 Å². The number of thiophene rings is 1. The zero-order valence-corrected chi connectivity index (χ0v) is 11.2. The second-order valence-electron chi connectivity index (χ2n) is 6.47. The Morgan fingerprint density at radius 2 is 1.72 bits per heavy atom. The van der Waals surface area contributed by atoms with Crippen LogP contribution in [-0.2, 0) is 0 Å². The Morgan fingerprint density at radius 3 is 2.28 bits per heavy atom. The molecule has 1 heterocycles. The third-order valence-corrected chi connectivity index (χ3v) is 6.39. The molecule has 4 bridgehead atoms. The molecule has 5 rings (SSSR count). The molecule has 1 aromatic rings. The van der Waals surface area contributed by atoms with Crippen LogP contribution in [0, 0.1) is 23.7 Å².